The van der Waals surface area contributed by atoms with Gasteiger partial charge in [-0.1, -0.05) is 82.3 Å². The quantitative estimate of drug-likeness (QED) is 0.156. The summed E-state index contributed by atoms with van der Waals surface area (Å²) in [6, 6.07) is 6.34. The van der Waals surface area contributed by atoms with Gasteiger partial charge in [0, 0.05) is 22.4 Å². The molecule has 13 heteroatoms. The Balaban J connectivity index is 2.24. The topological polar surface area (TPSA) is 46.2 Å². The zero-order chi connectivity index (χ0) is 28.8. The molecular formula is C25H21BrCl3F6NO2. The maximum Gasteiger partial charge on any atom is 0.405 e. The predicted molar refractivity (Wildman–Crippen MR) is 140 cm³/mol. The normalized spacial score (nSPS) is 14.0. The smallest absolute Gasteiger partial charge is 0.347 e. The first-order valence-corrected chi connectivity index (χ1v) is 13.0. The van der Waals surface area contributed by atoms with Gasteiger partial charge in [-0.25, -0.2) is 0 Å². The van der Waals surface area contributed by atoms with Crippen molar-refractivity contribution in [2.45, 2.75) is 44.5 Å². The van der Waals surface area contributed by atoms with Crippen LogP contribution in [0, 0.1) is 5.92 Å². The second-order valence-corrected chi connectivity index (χ2v) is 10.4. The first kappa shape index (κ1) is 32.5. The molecule has 3 nitrogen and oxygen atoms in total. The van der Waals surface area contributed by atoms with Crippen molar-refractivity contribution in [1.82, 2.24) is 5.32 Å². The van der Waals surface area contributed by atoms with E-state index < -0.39 is 42.4 Å². The molecule has 208 valence electrons. The van der Waals surface area contributed by atoms with Crippen molar-refractivity contribution >= 4 is 68.5 Å². The summed E-state index contributed by atoms with van der Waals surface area (Å²) in [5.41, 5.74) is 0.238. The summed E-state index contributed by atoms with van der Waals surface area (Å²) >= 11 is 20.8. The zero-order valence-corrected chi connectivity index (χ0v) is 23.5. The van der Waals surface area contributed by atoms with Crippen LogP contribution < -0.4 is 5.32 Å². The van der Waals surface area contributed by atoms with Crippen LogP contribution in [0.2, 0.25) is 15.1 Å². The Kier molecular flexibility index (Phi) is 11.6. The number of hydrogen-bond acceptors (Lipinski definition) is 2. The van der Waals surface area contributed by atoms with E-state index in [9.17, 15) is 35.9 Å². The first-order chi connectivity index (χ1) is 17.5. The number of hydrogen-bond donors (Lipinski definition) is 1. The van der Waals surface area contributed by atoms with E-state index in [1.54, 1.807) is 12.2 Å². The average Bonchev–Trinajstić information content (AvgIpc) is 2.79. The molecule has 0 saturated carbocycles. The van der Waals surface area contributed by atoms with Gasteiger partial charge < -0.3 is 5.32 Å². The summed E-state index contributed by atoms with van der Waals surface area (Å²) < 4.78 is 78.9. The van der Waals surface area contributed by atoms with Gasteiger partial charge in [0.25, 0.3) is 0 Å². The largest absolute Gasteiger partial charge is 0.405 e. The van der Waals surface area contributed by atoms with Gasteiger partial charge >= 0.3 is 12.4 Å². The van der Waals surface area contributed by atoms with E-state index in [2.05, 4.69) is 15.9 Å². The third-order valence-electron chi connectivity index (χ3n) is 5.40. The number of amides is 1. The van der Waals surface area contributed by atoms with Crippen molar-refractivity contribution in [3.05, 3.63) is 72.6 Å². The lowest BCUT2D eigenvalue weighted by Gasteiger charge is -2.18. The lowest BCUT2D eigenvalue weighted by atomic mass is 9.93. The third kappa shape index (κ3) is 9.47. The van der Waals surface area contributed by atoms with Gasteiger partial charge in [0.1, 0.15) is 6.54 Å². The number of rotatable bonds is 10. The molecule has 2 rings (SSSR count). The molecule has 2 aromatic carbocycles. The van der Waals surface area contributed by atoms with E-state index in [1.165, 1.54) is 24.3 Å². The molecule has 0 heterocycles. The van der Waals surface area contributed by atoms with E-state index in [0.717, 1.165) is 18.2 Å². The minimum atomic E-state index is -4.68. The Morgan fingerprint density at radius 3 is 2.13 bits per heavy atom. The number of halogens is 10. The molecule has 0 aromatic heterocycles. The number of benzene rings is 2. The Labute approximate surface area is 238 Å². The molecule has 0 aliphatic rings. The first-order valence-electron chi connectivity index (χ1n) is 11.1. The van der Waals surface area contributed by atoms with Gasteiger partial charge in [-0.3, -0.25) is 9.59 Å². The average molecular weight is 668 g/mol. The summed E-state index contributed by atoms with van der Waals surface area (Å²) in [7, 11) is 0. The molecule has 2 atom stereocenters. The summed E-state index contributed by atoms with van der Waals surface area (Å²) in [4.78, 5) is 25.0. The molecule has 0 fully saturated rings. The molecule has 0 bridgehead atoms. The van der Waals surface area contributed by atoms with Gasteiger partial charge in [-0.2, -0.15) is 26.3 Å². The van der Waals surface area contributed by atoms with Gasteiger partial charge in [-0.15, -0.1) is 0 Å². The number of Topliss-reactive ketones (excluding diaryl/α,β-unsaturated/α-hetero) is 1. The van der Waals surface area contributed by atoms with E-state index in [-0.39, 0.29) is 43.5 Å². The fourth-order valence-electron chi connectivity index (χ4n) is 3.57. The highest BCUT2D eigenvalue weighted by atomic mass is 79.9. The third-order valence-corrected chi connectivity index (χ3v) is 7.25. The minimum absolute atomic E-state index is 0.0646. The number of allylic oxidation sites excluding steroid dienone is 1. The number of ketones is 1. The lowest BCUT2D eigenvalue weighted by Crippen LogP contribution is -2.38. The maximum atomic E-state index is 13.8. The Bertz CT molecular complexity index is 1180. The van der Waals surface area contributed by atoms with Crippen LogP contribution in [0.4, 0.5) is 26.3 Å². The molecular weight excluding hydrogens is 647 g/mol. The molecule has 0 spiro atoms. The van der Waals surface area contributed by atoms with Crippen molar-refractivity contribution in [2.24, 2.45) is 5.92 Å². The van der Waals surface area contributed by atoms with Crippen molar-refractivity contribution in [3.63, 3.8) is 0 Å². The van der Waals surface area contributed by atoms with Crippen LogP contribution in [0.1, 0.15) is 53.6 Å². The van der Waals surface area contributed by atoms with Crippen LogP contribution >= 0.6 is 50.7 Å². The highest BCUT2D eigenvalue weighted by molar-refractivity contribution is 9.10. The zero-order valence-electron chi connectivity index (χ0n) is 19.6. The van der Waals surface area contributed by atoms with Gasteiger partial charge in [-0.05, 0) is 41.8 Å². The Morgan fingerprint density at radius 1 is 1.03 bits per heavy atom. The van der Waals surface area contributed by atoms with Gasteiger partial charge in [0.05, 0.1) is 21.0 Å². The van der Waals surface area contributed by atoms with Crippen molar-refractivity contribution in [2.75, 3.05) is 6.54 Å². The van der Waals surface area contributed by atoms with E-state index in [1.807, 2.05) is 0 Å². The van der Waals surface area contributed by atoms with Crippen LogP contribution in [0.25, 0.3) is 6.08 Å². The van der Waals surface area contributed by atoms with Crippen molar-refractivity contribution < 1.29 is 35.9 Å². The number of carbonyl (C=O) groups excluding carboxylic acids is 2. The minimum Gasteiger partial charge on any atom is -0.347 e. The molecule has 38 heavy (non-hydrogen) atoms. The highest BCUT2D eigenvalue weighted by Gasteiger charge is 2.39. The summed E-state index contributed by atoms with van der Waals surface area (Å²) in [6.07, 6.45) is -6.82. The van der Waals surface area contributed by atoms with Gasteiger partial charge in [0.15, 0.2) is 5.78 Å². The van der Waals surface area contributed by atoms with Crippen LogP contribution in [-0.2, 0) is 4.79 Å². The SMILES string of the molecule is CCC[C@@H](CC(=O)c1ccc(/C=C/C(c2cc(Cl)c(Cl)c(Cl)c2)C(F)(F)F)cc1Br)C(=O)NCC(F)(F)F. The standard InChI is InChI=1S/C25H21BrCl3F6NO2/c1-2-3-14(23(38)36-12-24(30,31)32)11-21(37)16-6-4-13(8-18(16)26)5-7-17(25(33,34)35)15-9-19(27)22(29)20(28)10-15/h4-10,14,17H,2-3,11-12H2,1H3,(H,36,38)/b7-5+/t14-,17?/m0/s1. The van der Waals surface area contributed by atoms with Crippen LogP contribution in [0.5, 0.6) is 0 Å². The Hall–Kier alpha value is -1.75. The highest BCUT2D eigenvalue weighted by Crippen LogP contribution is 2.41. The van der Waals surface area contributed by atoms with E-state index in [0.29, 0.717) is 12.0 Å². The van der Waals surface area contributed by atoms with E-state index >= 15 is 0 Å². The Morgan fingerprint density at radius 2 is 1.63 bits per heavy atom. The second kappa shape index (κ2) is 13.5. The summed E-state index contributed by atoms with van der Waals surface area (Å²) in [5, 5.41) is 1.48. The second-order valence-electron chi connectivity index (χ2n) is 8.36. The molecule has 0 radical (unpaired) electrons. The molecule has 0 saturated heterocycles. The summed E-state index contributed by atoms with van der Waals surface area (Å²) in [6.45, 7) is 0.226. The molecule has 1 amide bonds. The van der Waals surface area contributed by atoms with Crippen molar-refractivity contribution in [1.29, 1.82) is 0 Å². The molecule has 1 unspecified atom stereocenters. The number of carbonyl (C=O) groups is 2. The fraction of sp³-hybridized carbons (Fsp3) is 0.360. The summed E-state index contributed by atoms with van der Waals surface area (Å²) in [5.74, 6) is -4.41. The molecule has 0 aliphatic heterocycles. The van der Waals surface area contributed by atoms with E-state index in [4.69, 9.17) is 34.8 Å². The van der Waals surface area contributed by atoms with Crippen LogP contribution in [0.15, 0.2) is 40.9 Å². The number of nitrogens with one attached hydrogen (secondary N) is 1. The number of alkyl halides is 6. The maximum absolute atomic E-state index is 13.8. The molecule has 2 aromatic rings. The lowest BCUT2D eigenvalue weighted by molar-refractivity contribution is -0.140. The van der Waals surface area contributed by atoms with Crippen molar-refractivity contribution in [3.8, 4) is 0 Å². The van der Waals surface area contributed by atoms with Gasteiger partial charge in [0.2, 0.25) is 5.91 Å². The predicted octanol–water partition coefficient (Wildman–Crippen LogP) is 9.44. The van der Waals surface area contributed by atoms with Crippen LogP contribution in [0.3, 0.4) is 0 Å². The molecule has 1 N–H and O–H groups in total. The van der Waals surface area contributed by atoms with Crippen LogP contribution in [-0.4, -0.2) is 30.6 Å². The monoisotopic (exact) mass is 665 g/mol. The molecule has 0 aliphatic carbocycles. The fourth-order valence-corrected chi connectivity index (χ4v) is 4.80.